The molecule has 3 atom stereocenters. The average molecular weight is 341 g/mol. The molecule has 0 radical (unpaired) electrons. The summed E-state index contributed by atoms with van der Waals surface area (Å²) in [5.41, 5.74) is 0. The quantitative estimate of drug-likeness (QED) is 0.448. The van der Waals surface area contributed by atoms with E-state index >= 15 is 0 Å². The van der Waals surface area contributed by atoms with E-state index in [0.717, 1.165) is 44.9 Å². The van der Waals surface area contributed by atoms with Crippen molar-refractivity contribution in [3.8, 4) is 0 Å². The van der Waals surface area contributed by atoms with Gasteiger partial charge in [-0.1, -0.05) is 64.7 Å². The molecule has 0 bridgehead atoms. The molecule has 0 aromatic heterocycles. The van der Waals surface area contributed by atoms with Crippen LogP contribution in [0, 0.1) is 11.8 Å². The van der Waals surface area contributed by atoms with Gasteiger partial charge in [-0.15, -0.1) is 0 Å². The standard InChI is InChI=1S/C20H36O4/c1-2-3-4-5-6-9-12-16-17(19(22)15-18(16)21)13-10-7-8-11-14-20(23)24/h16-18,21H,2-15H2,1H3,(H,23,24)/t16-,17-,18?/m1/s1. The van der Waals surface area contributed by atoms with Crippen molar-refractivity contribution in [2.24, 2.45) is 11.8 Å². The molecular formula is C20H36O4. The monoisotopic (exact) mass is 340 g/mol. The highest BCUT2D eigenvalue weighted by Gasteiger charge is 2.40. The van der Waals surface area contributed by atoms with Crippen LogP contribution in [0.5, 0.6) is 0 Å². The summed E-state index contributed by atoms with van der Waals surface area (Å²) in [4.78, 5) is 22.6. The molecule has 1 aliphatic carbocycles. The molecule has 24 heavy (non-hydrogen) atoms. The van der Waals surface area contributed by atoms with E-state index in [1.165, 1.54) is 32.1 Å². The van der Waals surface area contributed by atoms with E-state index in [4.69, 9.17) is 5.11 Å². The molecule has 2 N–H and O–H groups in total. The maximum atomic E-state index is 12.1. The van der Waals surface area contributed by atoms with Crippen molar-refractivity contribution in [3.05, 3.63) is 0 Å². The topological polar surface area (TPSA) is 74.6 Å². The van der Waals surface area contributed by atoms with E-state index in [1.54, 1.807) is 0 Å². The van der Waals surface area contributed by atoms with Crippen LogP contribution < -0.4 is 0 Å². The first kappa shape index (κ1) is 21.1. The first-order valence-corrected chi connectivity index (χ1v) is 9.98. The van der Waals surface area contributed by atoms with Crippen LogP contribution in [0.2, 0.25) is 0 Å². The average Bonchev–Trinajstić information content (AvgIpc) is 2.80. The molecule has 1 saturated carbocycles. The van der Waals surface area contributed by atoms with Crippen LogP contribution >= 0.6 is 0 Å². The molecule has 0 heterocycles. The van der Waals surface area contributed by atoms with E-state index in [0.29, 0.717) is 6.42 Å². The highest BCUT2D eigenvalue weighted by Crippen LogP contribution is 2.36. The van der Waals surface area contributed by atoms with Gasteiger partial charge in [-0.3, -0.25) is 9.59 Å². The Bertz CT molecular complexity index is 367. The number of aliphatic hydroxyl groups excluding tert-OH is 1. The Kier molecular flexibility index (Phi) is 11.0. The van der Waals surface area contributed by atoms with Crippen LogP contribution in [0.4, 0.5) is 0 Å². The molecule has 1 rings (SSSR count). The predicted molar refractivity (Wildman–Crippen MR) is 95.9 cm³/mol. The van der Waals surface area contributed by atoms with Gasteiger partial charge in [0.1, 0.15) is 5.78 Å². The Labute approximate surface area is 147 Å². The molecule has 0 amide bonds. The fraction of sp³-hybridized carbons (Fsp3) is 0.900. The van der Waals surface area contributed by atoms with Crippen molar-refractivity contribution in [2.45, 2.75) is 103 Å². The van der Waals surface area contributed by atoms with Crippen molar-refractivity contribution in [1.29, 1.82) is 0 Å². The van der Waals surface area contributed by atoms with Gasteiger partial charge < -0.3 is 10.2 Å². The summed E-state index contributed by atoms with van der Waals surface area (Å²) in [6.45, 7) is 2.22. The van der Waals surface area contributed by atoms with Crippen LogP contribution in [-0.4, -0.2) is 28.1 Å². The highest BCUT2D eigenvalue weighted by molar-refractivity contribution is 5.84. The fourth-order valence-electron chi connectivity index (χ4n) is 3.94. The molecule has 1 aliphatic rings. The number of hydrogen-bond donors (Lipinski definition) is 2. The maximum Gasteiger partial charge on any atom is 0.303 e. The normalized spacial score (nSPS) is 23.8. The summed E-state index contributed by atoms with van der Waals surface area (Å²) in [5, 5.41) is 18.8. The van der Waals surface area contributed by atoms with Gasteiger partial charge in [0.05, 0.1) is 6.10 Å². The number of carbonyl (C=O) groups is 2. The predicted octanol–water partition coefficient (Wildman–Crippen LogP) is 4.73. The Morgan fingerprint density at radius 2 is 1.54 bits per heavy atom. The number of carbonyl (C=O) groups excluding carboxylic acids is 1. The zero-order valence-electron chi connectivity index (χ0n) is 15.3. The zero-order chi connectivity index (χ0) is 17.8. The lowest BCUT2D eigenvalue weighted by Crippen LogP contribution is -2.20. The molecular weight excluding hydrogens is 304 g/mol. The zero-order valence-corrected chi connectivity index (χ0v) is 15.3. The van der Waals surface area contributed by atoms with Crippen LogP contribution in [0.15, 0.2) is 0 Å². The van der Waals surface area contributed by atoms with Gasteiger partial charge in [-0.25, -0.2) is 0 Å². The number of unbranched alkanes of at least 4 members (excludes halogenated alkanes) is 8. The van der Waals surface area contributed by atoms with Gasteiger partial charge in [-0.2, -0.15) is 0 Å². The van der Waals surface area contributed by atoms with Crippen LogP contribution in [0.25, 0.3) is 0 Å². The summed E-state index contributed by atoms with van der Waals surface area (Å²) >= 11 is 0. The lowest BCUT2D eigenvalue weighted by atomic mass is 9.85. The molecule has 140 valence electrons. The Balaban J connectivity index is 2.21. The summed E-state index contributed by atoms with van der Waals surface area (Å²) in [6, 6.07) is 0. The minimum Gasteiger partial charge on any atom is -0.481 e. The molecule has 0 aliphatic heterocycles. The SMILES string of the molecule is CCCCCCCC[C@H]1C(O)CC(=O)[C@@H]1CCCCCCC(=O)O. The largest absolute Gasteiger partial charge is 0.481 e. The van der Waals surface area contributed by atoms with Crippen molar-refractivity contribution in [1.82, 2.24) is 0 Å². The molecule has 4 nitrogen and oxygen atoms in total. The first-order valence-electron chi connectivity index (χ1n) is 9.98. The van der Waals surface area contributed by atoms with Crippen molar-refractivity contribution in [3.63, 3.8) is 0 Å². The molecule has 0 saturated heterocycles. The minimum atomic E-state index is -0.733. The second kappa shape index (κ2) is 12.5. The lowest BCUT2D eigenvalue weighted by Gasteiger charge is -2.21. The first-order chi connectivity index (χ1) is 11.6. The van der Waals surface area contributed by atoms with Crippen LogP contribution in [0.3, 0.4) is 0 Å². The third-order valence-corrected chi connectivity index (χ3v) is 5.38. The van der Waals surface area contributed by atoms with Crippen molar-refractivity contribution < 1.29 is 19.8 Å². The maximum absolute atomic E-state index is 12.1. The highest BCUT2D eigenvalue weighted by atomic mass is 16.4. The van der Waals surface area contributed by atoms with Crippen molar-refractivity contribution >= 4 is 11.8 Å². The summed E-state index contributed by atoms with van der Waals surface area (Å²) in [6.07, 6.45) is 13.0. The van der Waals surface area contributed by atoms with Gasteiger partial charge in [0.25, 0.3) is 0 Å². The molecule has 1 unspecified atom stereocenters. The second-order valence-corrected chi connectivity index (χ2v) is 7.41. The number of rotatable bonds is 14. The number of carboxylic acid groups (broad SMARTS) is 1. The van der Waals surface area contributed by atoms with Gasteiger partial charge in [0, 0.05) is 18.8 Å². The molecule has 0 aromatic rings. The molecule has 1 fully saturated rings. The minimum absolute atomic E-state index is 0.0371. The number of aliphatic carboxylic acids is 1. The lowest BCUT2D eigenvalue weighted by molar-refractivity contribution is -0.137. The smallest absolute Gasteiger partial charge is 0.303 e. The van der Waals surface area contributed by atoms with Gasteiger partial charge in [-0.05, 0) is 25.2 Å². The number of Topliss-reactive ketones (excluding diaryl/α,β-unsaturated/α-hetero) is 1. The third-order valence-electron chi connectivity index (χ3n) is 5.38. The van der Waals surface area contributed by atoms with Gasteiger partial charge in [0.15, 0.2) is 0 Å². The summed E-state index contributed by atoms with van der Waals surface area (Å²) in [5.74, 6) is -0.301. The van der Waals surface area contributed by atoms with Gasteiger partial charge >= 0.3 is 5.97 Å². The van der Waals surface area contributed by atoms with Gasteiger partial charge in [0.2, 0.25) is 0 Å². The summed E-state index contributed by atoms with van der Waals surface area (Å²) in [7, 11) is 0. The van der Waals surface area contributed by atoms with E-state index in [-0.39, 0.29) is 24.0 Å². The Morgan fingerprint density at radius 3 is 2.21 bits per heavy atom. The Morgan fingerprint density at radius 1 is 0.958 bits per heavy atom. The fourth-order valence-corrected chi connectivity index (χ4v) is 3.94. The third kappa shape index (κ3) is 8.27. The van der Waals surface area contributed by atoms with Crippen molar-refractivity contribution in [2.75, 3.05) is 0 Å². The van der Waals surface area contributed by atoms with E-state index < -0.39 is 12.1 Å². The summed E-state index contributed by atoms with van der Waals surface area (Å²) < 4.78 is 0. The number of ketones is 1. The van der Waals surface area contributed by atoms with E-state index in [2.05, 4.69) is 6.92 Å². The molecule has 0 aromatic carbocycles. The Hall–Kier alpha value is -0.900. The van der Waals surface area contributed by atoms with E-state index in [9.17, 15) is 14.7 Å². The number of hydrogen-bond acceptors (Lipinski definition) is 3. The van der Waals surface area contributed by atoms with E-state index in [1.807, 2.05) is 0 Å². The number of aliphatic hydroxyl groups is 1. The molecule has 4 heteroatoms. The van der Waals surface area contributed by atoms with Crippen LogP contribution in [-0.2, 0) is 9.59 Å². The second-order valence-electron chi connectivity index (χ2n) is 7.41. The number of carboxylic acids is 1. The molecule has 0 spiro atoms. The van der Waals surface area contributed by atoms with Crippen LogP contribution in [0.1, 0.15) is 96.8 Å².